The van der Waals surface area contributed by atoms with E-state index in [0.29, 0.717) is 35.9 Å². The first kappa shape index (κ1) is 19.8. The number of nitrogens with zero attached hydrogens (tertiary/aromatic N) is 2. The summed E-state index contributed by atoms with van der Waals surface area (Å²) in [5.41, 5.74) is 7.64. The molecule has 1 aromatic carbocycles. The number of rotatable bonds is 4. The van der Waals surface area contributed by atoms with Crippen LogP contribution in [0.25, 0.3) is 0 Å². The standard InChI is InChI=1S/C22H25N5O3/c1-13-10-17(14(2)30-13)21(28)24-19-12-27(22(29)18-11-20(23)26-25-18)9-8-16(19)15-6-4-3-5-7-15/h3-7,10-11,16,19H,8-9,12H2,1-2H3,(H,24,28)(H3,23,25,26)/t16-,19-/m0/s1. The molecule has 0 bridgehead atoms. The van der Waals surface area contributed by atoms with Crippen molar-refractivity contribution in [2.24, 2.45) is 0 Å². The van der Waals surface area contributed by atoms with Crippen molar-refractivity contribution in [3.8, 4) is 0 Å². The van der Waals surface area contributed by atoms with Crippen LogP contribution in [0.2, 0.25) is 0 Å². The predicted octanol–water partition coefficient (Wildman–Crippen LogP) is 2.63. The Labute approximate surface area is 174 Å². The summed E-state index contributed by atoms with van der Waals surface area (Å²) in [5.74, 6) is 1.26. The van der Waals surface area contributed by atoms with Gasteiger partial charge in [0.05, 0.1) is 11.6 Å². The molecule has 0 aliphatic carbocycles. The van der Waals surface area contributed by atoms with E-state index >= 15 is 0 Å². The molecule has 0 spiro atoms. The number of carbonyl (C=O) groups is 2. The van der Waals surface area contributed by atoms with Crippen LogP contribution in [0.1, 0.15) is 50.3 Å². The van der Waals surface area contributed by atoms with E-state index in [1.54, 1.807) is 17.9 Å². The van der Waals surface area contributed by atoms with Crippen LogP contribution in [0.4, 0.5) is 5.82 Å². The van der Waals surface area contributed by atoms with E-state index < -0.39 is 0 Å². The molecule has 1 fully saturated rings. The molecule has 4 rings (SSSR count). The van der Waals surface area contributed by atoms with E-state index in [9.17, 15) is 9.59 Å². The molecule has 0 unspecified atom stereocenters. The number of nitrogen functional groups attached to an aromatic ring is 1. The smallest absolute Gasteiger partial charge is 0.272 e. The minimum atomic E-state index is -0.243. The Morgan fingerprint density at radius 2 is 2.00 bits per heavy atom. The Bertz CT molecular complexity index is 1060. The molecule has 156 valence electrons. The van der Waals surface area contributed by atoms with E-state index in [0.717, 1.165) is 12.0 Å². The summed E-state index contributed by atoms with van der Waals surface area (Å²) in [7, 11) is 0. The lowest BCUT2D eigenvalue weighted by Gasteiger charge is -2.39. The van der Waals surface area contributed by atoms with Crippen LogP contribution in [0.3, 0.4) is 0 Å². The van der Waals surface area contributed by atoms with Crippen LogP contribution < -0.4 is 11.1 Å². The number of furan rings is 1. The van der Waals surface area contributed by atoms with Crippen LogP contribution in [0.15, 0.2) is 46.9 Å². The van der Waals surface area contributed by atoms with Crippen LogP contribution in [-0.4, -0.2) is 46.0 Å². The molecule has 1 saturated heterocycles. The van der Waals surface area contributed by atoms with E-state index in [1.807, 2.05) is 25.1 Å². The second-order valence-electron chi connectivity index (χ2n) is 7.67. The fourth-order valence-electron chi connectivity index (χ4n) is 4.10. The third kappa shape index (κ3) is 3.94. The minimum absolute atomic E-state index is 0.0966. The van der Waals surface area contributed by atoms with Gasteiger partial charge in [0.1, 0.15) is 23.0 Å². The summed E-state index contributed by atoms with van der Waals surface area (Å²) < 4.78 is 5.51. The van der Waals surface area contributed by atoms with Gasteiger partial charge in [-0.1, -0.05) is 30.3 Å². The molecule has 30 heavy (non-hydrogen) atoms. The number of anilines is 1. The number of hydrogen-bond acceptors (Lipinski definition) is 5. The number of amides is 2. The van der Waals surface area contributed by atoms with Crippen molar-refractivity contribution in [1.82, 2.24) is 20.4 Å². The van der Waals surface area contributed by atoms with Gasteiger partial charge in [-0.2, -0.15) is 5.10 Å². The lowest BCUT2D eigenvalue weighted by atomic mass is 9.85. The highest BCUT2D eigenvalue weighted by molar-refractivity contribution is 5.96. The highest BCUT2D eigenvalue weighted by Crippen LogP contribution is 2.29. The molecular formula is C22H25N5O3. The van der Waals surface area contributed by atoms with Crippen LogP contribution in [0.5, 0.6) is 0 Å². The number of carbonyl (C=O) groups excluding carboxylic acids is 2. The van der Waals surface area contributed by atoms with E-state index in [4.69, 9.17) is 10.2 Å². The molecule has 1 aliphatic heterocycles. The first-order valence-electron chi connectivity index (χ1n) is 9.95. The lowest BCUT2D eigenvalue weighted by molar-refractivity contribution is 0.0649. The van der Waals surface area contributed by atoms with Gasteiger partial charge in [0.15, 0.2) is 0 Å². The SMILES string of the molecule is Cc1cc(C(=O)N[C@H]2CN(C(=O)c3cc(N)n[nH]3)CC[C@H]2c2ccccc2)c(C)o1. The zero-order valence-electron chi connectivity index (χ0n) is 17.0. The molecule has 3 heterocycles. The maximum absolute atomic E-state index is 13.0. The highest BCUT2D eigenvalue weighted by Gasteiger charge is 2.34. The number of piperidine rings is 1. The zero-order chi connectivity index (χ0) is 21.3. The van der Waals surface area contributed by atoms with Crippen molar-refractivity contribution in [1.29, 1.82) is 0 Å². The largest absolute Gasteiger partial charge is 0.466 e. The predicted molar refractivity (Wildman–Crippen MR) is 112 cm³/mol. The molecule has 2 atom stereocenters. The maximum Gasteiger partial charge on any atom is 0.272 e. The Morgan fingerprint density at radius 3 is 2.63 bits per heavy atom. The second-order valence-corrected chi connectivity index (χ2v) is 7.67. The van der Waals surface area contributed by atoms with Gasteiger partial charge in [-0.25, -0.2) is 0 Å². The number of aromatic nitrogens is 2. The van der Waals surface area contributed by atoms with E-state index in [1.165, 1.54) is 6.07 Å². The van der Waals surface area contributed by atoms with Gasteiger partial charge in [-0.15, -0.1) is 0 Å². The van der Waals surface area contributed by atoms with Gasteiger partial charge in [0.25, 0.3) is 11.8 Å². The first-order valence-corrected chi connectivity index (χ1v) is 9.95. The molecule has 2 aromatic heterocycles. The van der Waals surface area contributed by atoms with E-state index in [-0.39, 0.29) is 29.6 Å². The molecule has 4 N–H and O–H groups in total. The normalized spacial score (nSPS) is 18.9. The Balaban J connectivity index is 1.58. The van der Waals surface area contributed by atoms with Crippen LogP contribution in [-0.2, 0) is 0 Å². The minimum Gasteiger partial charge on any atom is -0.466 e. The number of aryl methyl sites for hydroxylation is 2. The van der Waals surface area contributed by atoms with Crippen molar-refractivity contribution in [2.75, 3.05) is 18.8 Å². The molecular weight excluding hydrogens is 382 g/mol. The van der Waals surface area contributed by atoms with Crippen LogP contribution in [0, 0.1) is 13.8 Å². The fourth-order valence-corrected chi connectivity index (χ4v) is 4.10. The van der Waals surface area contributed by atoms with Gasteiger partial charge < -0.3 is 20.4 Å². The summed E-state index contributed by atoms with van der Waals surface area (Å²) >= 11 is 0. The zero-order valence-corrected chi connectivity index (χ0v) is 17.0. The number of aromatic amines is 1. The van der Waals surface area contributed by atoms with E-state index in [2.05, 4.69) is 27.6 Å². The second kappa shape index (κ2) is 8.06. The highest BCUT2D eigenvalue weighted by atomic mass is 16.3. The van der Waals surface area contributed by atoms with Crippen molar-refractivity contribution in [2.45, 2.75) is 32.2 Å². The average Bonchev–Trinajstić information content (AvgIpc) is 3.32. The van der Waals surface area contributed by atoms with Gasteiger partial charge >= 0.3 is 0 Å². The third-order valence-corrected chi connectivity index (χ3v) is 5.56. The summed E-state index contributed by atoms with van der Waals surface area (Å²) in [4.78, 5) is 27.6. The van der Waals surface area contributed by atoms with Crippen molar-refractivity contribution < 1.29 is 14.0 Å². The molecule has 0 saturated carbocycles. The van der Waals surface area contributed by atoms with Crippen molar-refractivity contribution >= 4 is 17.6 Å². The lowest BCUT2D eigenvalue weighted by Crippen LogP contribution is -2.53. The van der Waals surface area contributed by atoms with Gasteiger partial charge in [0.2, 0.25) is 0 Å². The van der Waals surface area contributed by atoms with Crippen LogP contribution >= 0.6 is 0 Å². The first-order chi connectivity index (χ1) is 14.4. The number of likely N-dealkylation sites (tertiary alicyclic amines) is 1. The number of hydrogen-bond donors (Lipinski definition) is 3. The monoisotopic (exact) mass is 407 g/mol. The third-order valence-electron chi connectivity index (χ3n) is 5.56. The number of H-pyrrole nitrogens is 1. The number of benzene rings is 1. The molecule has 3 aromatic rings. The molecule has 0 radical (unpaired) electrons. The summed E-state index contributed by atoms with van der Waals surface area (Å²) in [6.45, 7) is 4.55. The Kier molecular flexibility index (Phi) is 5.31. The summed E-state index contributed by atoms with van der Waals surface area (Å²) in [5, 5.41) is 9.65. The molecule has 8 nitrogen and oxygen atoms in total. The quantitative estimate of drug-likeness (QED) is 0.615. The Morgan fingerprint density at radius 1 is 1.23 bits per heavy atom. The topological polar surface area (TPSA) is 117 Å². The van der Waals surface area contributed by atoms with Gasteiger partial charge in [-0.3, -0.25) is 14.7 Å². The molecule has 1 aliphatic rings. The number of nitrogens with one attached hydrogen (secondary N) is 2. The van der Waals surface area contributed by atoms with Crippen molar-refractivity contribution in [3.63, 3.8) is 0 Å². The molecule has 8 heteroatoms. The van der Waals surface area contributed by atoms with Gasteiger partial charge in [-0.05, 0) is 31.9 Å². The Hall–Kier alpha value is -3.55. The van der Waals surface area contributed by atoms with Gasteiger partial charge in [0, 0.05) is 25.1 Å². The van der Waals surface area contributed by atoms with Crippen molar-refractivity contribution in [3.05, 3.63) is 70.8 Å². The maximum atomic E-state index is 13.0. The summed E-state index contributed by atoms with van der Waals surface area (Å²) in [6.07, 6.45) is 0.730. The summed E-state index contributed by atoms with van der Waals surface area (Å²) in [6, 6.07) is 13.1. The fraction of sp³-hybridized carbons (Fsp3) is 0.318. The molecule has 2 amide bonds. The average molecular weight is 407 g/mol. The number of nitrogens with two attached hydrogens (primary N) is 1.